The Balaban J connectivity index is -0.0000000150. The maximum Gasteiger partial charge on any atom is 1.00 e. The van der Waals surface area contributed by atoms with Crippen LogP contribution >= 0.6 is 0 Å². The molecule has 0 bridgehead atoms. The Morgan fingerprint density at radius 2 is 1.29 bits per heavy atom. The van der Waals surface area contributed by atoms with Gasteiger partial charge >= 0.3 is 72.4 Å². The van der Waals surface area contributed by atoms with Crippen molar-refractivity contribution in [2.45, 2.75) is 0 Å². The molecular weight excluding hydrogens is 538 g/mol. The largest absolute Gasteiger partial charge is 1.00 e. The molecule has 0 aliphatic rings. The molecule has 0 saturated heterocycles. The Kier molecular flexibility index (Phi) is 52.4. The van der Waals surface area contributed by atoms with Gasteiger partial charge in [0.25, 0.3) is 0 Å². The molecule has 0 aromatic heterocycles. The summed E-state index contributed by atoms with van der Waals surface area (Å²) in [5, 5.41) is 0. The Morgan fingerprint density at radius 1 is 1.29 bits per heavy atom. The quantitative estimate of drug-likeness (QED) is 0.246. The third-order valence-electron chi connectivity index (χ3n) is 0. The van der Waals surface area contributed by atoms with Crippen molar-refractivity contribution in [3.63, 3.8) is 0 Å². The Hall–Kier alpha value is 3.72. The van der Waals surface area contributed by atoms with Gasteiger partial charge in [-0.3, -0.25) is 0 Å². The van der Waals surface area contributed by atoms with Gasteiger partial charge in [-0.25, -0.2) is 0 Å². The van der Waals surface area contributed by atoms with Crippen molar-refractivity contribution in [3.05, 3.63) is 0 Å². The van der Waals surface area contributed by atoms with Crippen LogP contribution in [0.25, 0.3) is 0 Å². The average Bonchev–Trinajstić information content (AvgIpc) is 0.811. The molecule has 0 aromatic rings. The minimum Gasteiger partial charge on any atom is -1.00 e. The molecule has 0 fully saturated rings. The SMILES string of the molecule is [Au].[I-].[K+].[O-][I+2]([O-])O. The zero-order valence-corrected chi connectivity index (χ0v) is 12.9. The molecule has 0 aliphatic heterocycles. The molecule has 7 heteroatoms. The van der Waals surface area contributed by atoms with E-state index in [0.717, 1.165) is 0 Å². The average molecular weight is 539 g/mol. The summed E-state index contributed by atoms with van der Waals surface area (Å²) in [4.78, 5) is 0. The first kappa shape index (κ1) is 22.4. The second kappa shape index (κ2) is 16.4. The number of rotatable bonds is 0. The van der Waals surface area contributed by atoms with Crippen LogP contribution in [-0.2, 0) is 22.4 Å². The zero-order chi connectivity index (χ0) is 3.58. The molecule has 0 saturated carbocycles. The van der Waals surface area contributed by atoms with Gasteiger partial charge in [0.15, 0.2) is 0 Å². The third-order valence-corrected chi connectivity index (χ3v) is 0. The molecule has 0 amide bonds. The van der Waals surface area contributed by atoms with Crippen LogP contribution in [0.1, 0.15) is 0 Å². The summed E-state index contributed by atoms with van der Waals surface area (Å²) in [6.07, 6.45) is 0. The fourth-order valence-electron chi connectivity index (χ4n) is 0. The predicted octanol–water partition coefficient (Wildman–Crippen LogP) is -11.9. The molecular formula is HAuI2KO3. The van der Waals surface area contributed by atoms with E-state index in [1.54, 1.807) is 0 Å². The van der Waals surface area contributed by atoms with Crippen LogP contribution in [0.3, 0.4) is 0 Å². The normalized spacial score (nSPS) is 5.14. The van der Waals surface area contributed by atoms with Gasteiger partial charge in [0.1, 0.15) is 0 Å². The topological polar surface area (TPSA) is 66.3 Å². The van der Waals surface area contributed by atoms with Crippen LogP contribution in [0.5, 0.6) is 0 Å². The minimum atomic E-state index is -3.76. The van der Waals surface area contributed by atoms with Gasteiger partial charge in [-0.05, 0) is 3.44 Å². The van der Waals surface area contributed by atoms with Crippen molar-refractivity contribution in [2.75, 3.05) is 0 Å². The van der Waals surface area contributed by atoms with Crippen molar-refractivity contribution < 1.29 is 129 Å². The van der Waals surface area contributed by atoms with Crippen molar-refractivity contribution in [2.24, 2.45) is 0 Å². The molecule has 7 heavy (non-hydrogen) atoms. The monoisotopic (exact) mass is 539 g/mol. The fourth-order valence-corrected chi connectivity index (χ4v) is 0. The van der Waals surface area contributed by atoms with E-state index in [9.17, 15) is 0 Å². The second-order valence-corrected chi connectivity index (χ2v) is 1.35. The smallest absolute Gasteiger partial charge is 1.00 e. The summed E-state index contributed by atoms with van der Waals surface area (Å²) in [6.45, 7) is 0. The van der Waals surface area contributed by atoms with Crippen LogP contribution in [0.2, 0.25) is 0 Å². The number of halogens is 2. The molecule has 1 N–H and O–H groups in total. The molecule has 0 heterocycles. The molecule has 0 unspecified atom stereocenters. The number of hydrogen-bond donors (Lipinski definition) is 1. The van der Waals surface area contributed by atoms with E-state index in [4.69, 9.17) is 10.3 Å². The van der Waals surface area contributed by atoms with Crippen molar-refractivity contribution in [3.8, 4) is 0 Å². The first-order valence-electron chi connectivity index (χ1n) is 0.478. The summed E-state index contributed by atoms with van der Waals surface area (Å²) >= 11 is -3.76. The maximum atomic E-state index is 8.68. The molecule has 1 radical (unpaired) electrons. The van der Waals surface area contributed by atoms with Crippen LogP contribution in [0.4, 0.5) is 0 Å². The summed E-state index contributed by atoms with van der Waals surface area (Å²) in [5.41, 5.74) is 0. The van der Waals surface area contributed by atoms with Crippen LogP contribution < -0.4 is 103 Å². The van der Waals surface area contributed by atoms with Crippen molar-refractivity contribution >= 4 is 0 Å². The van der Waals surface area contributed by atoms with E-state index < -0.39 is 21.1 Å². The molecule has 0 aliphatic carbocycles. The number of hydrogen-bond acceptors (Lipinski definition) is 3. The van der Waals surface area contributed by atoms with E-state index >= 15 is 0 Å². The summed E-state index contributed by atoms with van der Waals surface area (Å²) in [7, 11) is 0. The molecule has 0 rings (SSSR count). The van der Waals surface area contributed by atoms with Gasteiger partial charge in [0.05, 0.1) is 0 Å². The molecule has 0 spiro atoms. The van der Waals surface area contributed by atoms with Gasteiger partial charge in [0, 0.05) is 22.4 Å². The first-order valence-corrected chi connectivity index (χ1v) is 3.20. The van der Waals surface area contributed by atoms with Gasteiger partial charge in [-0.15, -0.1) is 0 Å². The molecule has 0 aromatic carbocycles. The van der Waals surface area contributed by atoms with Crippen molar-refractivity contribution in [1.29, 1.82) is 0 Å². The van der Waals surface area contributed by atoms with E-state index in [0.29, 0.717) is 0 Å². The maximum absolute atomic E-state index is 8.68. The Labute approximate surface area is 126 Å². The van der Waals surface area contributed by atoms with Gasteiger partial charge in [-0.1, -0.05) is 0 Å². The van der Waals surface area contributed by atoms with Gasteiger partial charge in [0.2, 0.25) is 0 Å². The molecule has 45 valence electrons. The minimum absolute atomic E-state index is 0. The fraction of sp³-hybridized carbons (Fsp3) is 0. The summed E-state index contributed by atoms with van der Waals surface area (Å²) in [5.74, 6) is 0. The van der Waals surface area contributed by atoms with E-state index in [1.807, 2.05) is 0 Å². The summed E-state index contributed by atoms with van der Waals surface area (Å²) in [6, 6.07) is 0. The molecule has 3 nitrogen and oxygen atoms in total. The van der Waals surface area contributed by atoms with Crippen LogP contribution in [-0.4, -0.2) is 3.44 Å². The Morgan fingerprint density at radius 3 is 1.29 bits per heavy atom. The van der Waals surface area contributed by atoms with Gasteiger partial charge in [-0.2, -0.15) is 0 Å². The summed E-state index contributed by atoms with van der Waals surface area (Å²) < 4.78 is 24.5. The molecule has 0 atom stereocenters. The third kappa shape index (κ3) is 41.9. The standard InChI is InChI=1S/Au.HIO3.HI.K/c;2-1(3)4;;/h;2H;1H;/q;;;+1/p-1. The first-order chi connectivity index (χ1) is 1.73. The van der Waals surface area contributed by atoms with Gasteiger partial charge < -0.3 is 30.8 Å². The van der Waals surface area contributed by atoms with Crippen molar-refractivity contribution in [1.82, 2.24) is 0 Å². The predicted molar refractivity (Wildman–Crippen MR) is 2.22 cm³/mol. The zero-order valence-electron chi connectivity index (χ0n) is 3.32. The van der Waals surface area contributed by atoms with E-state index in [2.05, 4.69) is 0 Å². The van der Waals surface area contributed by atoms with Crippen LogP contribution in [0.15, 0.2) is 0 Å². The van der Waals surface area contributed by atoms with E-state index in [-0.39, 0.29) is 97.7 Å². The van der Waals surface area contributed by atoms with Crippen LogP contribution in [0, 0.1) is 0 Å². The Bertz CT molecular complexity index is 17.7. The second-order valence-electron chi connectivity index (χ2n) is 0.201. The van der Waals surface area contributed by atoms with E-state index in [1.165, 1.54) is 0 Å².